The van der Waals surface area contributed by atoms with Crippen molar-refractivity contribution in [3.8, 4) is 26.9 Å². The maximum Gasteiger partial charge on any atom is 0.337 e. The predicted molar refractivity (Wildman–Crippen MR) is 134 cm³/mol. The van der Waals surface area contributed by atoms with E-state index in [4.69, 9.17) is 9.47 Å². The quantitative estimate of drug-likeness (QED) is 0.336. The molecule has 0 N–H and O–H groups in total. The van der Waals surface area contributed by atoms with Crippen molar-refractivity contribution in [2.45, 2.75) is 18.9 Å². The van der Waals surface area contributed by atoms with Gasteiger partial charge in [0.1, 0.15) is 21.9 Å². The minimum absolute atomic E-state index is 0.229. The van der Waals surface area contributed by atoms with E-state index in [1.165, 1.54) is 24.1 Å². The molecular weight excluding hydrogens is 446 g/mol. The molecule has 1 fully saturated rings. The molecule has 1 aliphatic heterocycles. The van der Waals surface area contributed by atoms with Crippen molar-refractivity contribution >= 4 is 23.0 Å². The van der Waals surface area contributed by atoms with E-state index in [-0.39, 0.29) is 12.1 Å². The van der Waals surface area contributed by atoms with E-state index in [2.05, 4.69) is 45.4 Å². The summed E-state index contributed by atoms with van der Waals surface area (Å²) in [5, 5.41) is 10.3. The molecule has 7 heteroatoms. The number of nitrogens with zero attached hydrogens (tertiary/aromatic N) is 3. The predicted octanol–water partition coefficient (Wildman–Crippen LogP) is 5.71. The number of piperidine rings is 1. The molecule has 0 atom stereocenters. The molecule has 1 aliphatic rings. The Bertz CT molecular complexity index is 1230. The molecular formula is C27H25N3O3S. The van der Waals surface area contributed by atoms with Crippen LogP contribution in [0.1, 0.15) is 23.2 Å². The molecule has 0 amide bonds. The van der Waals surface area contributed by atoms with Crippen LogP contribution in [-0.4, -0.2) is 42.5 Å². The number of methoxy groups -OCH3 is 1. The van der Waals surface area contributed by atoms with E-state index in [0.29, 0.717) is 5.56 Å². The number of esters is 1. The van der Waals surface area contributed by atoms with Crippen LogP contribution in [0, 0.1) is 0 Å². The number of para-hydroxylation sites is 1. The Balaban J connectivity index is 1.19. The molecule has 2 heterocycles. The molecule has 5 rings (SSSR count). The van der Waals surface area contributed by atoms with Gasteiger partial charge in [0.05, 0.1) is 12.7 Å². The van der Waals surface area contributed by atoms with E-state index in [0.717, 1.165) is 52.8 Å². The highest BCUT2D eigenvalue weighted by molar-refractivity contribution is 7.17. The maximum absolute atomic E-state index is 11.6. The summed E-state index contributed by atoms with van der Waals surface area (Å²) in [5.74, 6) is 0.526. The van der Waals surface area contributed by atoms with Crippen LogP contribution in [0.3, 0.4) is 0 Å². The lowest BCUT2D eigenvalue weighted by atomic mass is 10.1. The standard InChI is InChI=1S/C27H25N3O3S/c1-32-27(31)21-9-7-19(8-10-21)25-28-29-26(34-25)20-11-13-23(14-12-20)33-24-15-17-30(18-16-24)22-5-3-2-4-6-22/h2-14,24H,15-18H2,1H3. The second-order valence-electron chi connectivity index (χ2n) is 8.15. The number of carbonyl (C=O) groups excluding carboxylic acids is 1. The Morgan fingerprint density at radius 1 is 0.853 bits per heavy atom. The first kappa shape index (κ1) is 22.1. The Labute approximate surface area is 202 Å². The van der Waals surface area contributed by atoms with Gasteiger partial charge in [0.25, 0.3) is 0 Å². The molecule has 4 aromatic rings. The third kappa shape index (κ3) is 4.94. The lowest BCUT2D eigenvalue weighted by Gasteiger charge is -2.33. The van der Waals surface area contributed by atoms with Gasteiger partial charge in [-0.05, 0) is 48.5 Å². The number of hydrogen-bond acceptors (Lipinski definition) is 7. The topological polar surface area (TPSA) is 64.5 Å². The highest BCUT2D eigenvalue weighted by atomic mass is 32.1. The highest BCUT2D eigenvalue weighted by Crippen LogP contribution is 2.31. The molecule has 0 unspecified atom stereocenters. The summed E-state index contributed by atoms with van der Waals surface area (Å²) in [6, 6.07) is 25.8. The maximum atomic E-state index is 11.6. The van der Waals surface area contributed by atoms with Gasteiger partial charge in [-0.2, -0.15) is 0 Å². The number of anilines is 1. The summed E-state index contributed by atoms with van der Waals surface area (Å²) in [7, 11) is 1.37. The van der Waals surface area contributed by atoms with Gasteiger partial charge in [-0.3, -0.25) is 0 Å². The second kappa shape index (κ2) is 10.1. The third-order valence-electron chi connectivity index (χ3n) is 5.95. The molecule has 0 saturated carbocycles. The molecule has 0 spiro atoms. The minimum Gasteiger partial charge on any atom is -0.490 e. The Kier molecular flexibility index (Phi) is 6.53. The molecule has 3 aromatic carbocycles. The minimum atomic E-state index is -0.353. The van der Waals surface area contributed by atoms with E-state index < -0.39 is 0 Å². The monoisotopic (exact) mass is 471 g/mol. The van der Waals surface area contributed by atoms with E-state index >= 15 is 0 Å². The zero-order valence-corrected chi connectivity index (χ0v) is 19.7. The summed E-state index contributed by atoms with van der Waals surface area (Å²) >= 11 is 1.51. The van der Waals surface area contributed by atoms with Crippen LogP contribution in [0.4, 0.5) is 5.69 Å². The first-order valence-electron chi connectivity index (χ1n) is 11.3. The van der Waals surface area contributed by atoms with Gasteiger partial charge < -0.3 is 14.4 Å². The fraction of sp³-hybridized carbons (Fsp3) is 0.222. The second-order valence-corrected chi connectivity index (χ2v) is 9.12. The molecule has 172 valence electrons. The molecule has 0 aliphatic carbocycles. The number of rotatable bonds is 6. The average Bonchev–Trinajstić information content (AvgIpc) is 3.40. The Morgan fingerprint density at radius 3 is 2.03 bits per heavy atom. The van der Waals surface area contributed by atoms with Gasteiger partial charge in [-0.1, -0.05) is 41.7 Å². The van der Waals surface area contributed by atoms with Crippen LogP contribution in [0.2, 0.25) is 0 Å². The summed E-state index contributed by atoms with van der Waals surface area (Å²) in [5.41, 5.74) is 3.71. The van der Waals surface area contributed by atoms with Crippen molar-refractivity contribution in [1.29, 1.82) is 0 Å². The van der Waals surface area contributed by atoms with Crippen LogP contribution < -0.4 is 9.64 Å². The third-order valence-corrected chi connectivity index (χ3v) is 6.97. The van der Waals surface area contributed by atoms with E-state index in [9.17, 15) is 4.79 Å². The normalized spacial score (nSPS) is 14.1. The number of carbonyl (C=O) groups is 1. The van der Waals surface area contributed by atoms with E-state index in [1.807, 2.05) is 36.4 Å². The molecule has 1 saturated heterocycles. The number of aromatic nitrogens is 2. The zero-order valence-electron chi connectivity index (χ0n) is 18.9. The van der Waals surface area contributed by atoms with Crippen molar-refractivity contribution in [1.82, 2.24) is 10.2 Å². The largest absolute Gasteiger partial charge is 0.490 e. The smallest absolute Gasteiger partial charge is 0.337 e. The number of benzene rings is 3. The Morgan fingerprint density at radius 2 is 1.44 bits per heavy atom. The van der Waals surface area contributed by atoms with Gasteiger partial charge in [0.2, 0.25) is 0 Å². The number of hydrogen-bond donors (Lipinski definition) is 0. The van der Waals surface area contributed by atoms with Crippen LogP contribution in [0.5, 0.6) is 5.75 Å². The summed E-state index contributed by atoms with van der Waals surface area (Å²) in [6.07, 6.45) is 2.24. The zero-order chi connectivity index (χ0) is 23.3. The number of ether oxygens (including phenoxy) is 2. The molecule has 34 heavy (non-hydrogen) atoms. The average molecular weight is 472 g/mol. The van der Waals surface area contributed by atoms with Crippen LogP contribution >= 0.6 is 11.3 Å². The first-order valence-corrected chi connectivity index (χ1v) is 12.1. The van der Waals surface area contributed by atoms with Crippen LogP contribution in [-0.2, 0) is 4.74 Å². The molecule has 6 nitrogen and oxygen atoms in total. The summed E-state index contributed by atoms with van der Waals surface area (Å²) < 4.78 is 11.0. The van der Waals surface area contributed by atoms with Gasteiger partial charge in [0, 0.05) is 42.7 Å². The van der Waals surface area contributed by atoms with Crippen molar-refractivity contribution in [2.75, 3.05) is 25.1 Å². The highest BCUT2D eigenvalue weighted by Gasteiger charge is 2.21. The first-order chi connectivity index (χ1) is 16.7. The van der Waals surface area contributed by atoms with Crippen molar-refractivity contribution in [3.05, 3.63) is 84.4 Å². The van der Waals surface area contributed by atoms with E-state index in [1.54, 1.807) is 12.1 Å². The fourth-order valence-corrected chi connectivity index (χ4v) is 4.92. The van der Waals surface area contributed by atoms with Crippen LogP contribution in [0.15, 0.2) is 78.9 Å². The van der Waals surface area contributed by atoms with Crippen molar-refractivity contribution in [3.63, 3.8) is 0 Å². The molecule has 1 aromatic heterocycles. The lowest BCUT2D eigenvalue weighted by molar-refractivity contribution is 0.0600. The van der Waals surface area contributed by atoms with Gasteiger partial charge in [-0.15, -0.1) is 10.2 Å². The molecule has 0 bridgehead atoms. The lowest BCUT2D eigenvalue weighted by Crippen LogP contribution is -2.38. The van der Waals surface area contributed by atoms with Gasteiger partial charge in [-0.25, -0.2) is 4.79 Å². The van der Waals surface area contributed by atoms with Crippen LogP contribution in [0.25, 0.3) is 21.1 Å². The van der Waals surface area contributed by atoms with Gasteiger partial charge >= 0.3 is 5.97 Å². The molecule has 0 radical (unpaired) electrons. The SMILES string of the molecule is COC(=O)c1ccc(-c2nnc(-c3ccc(OC4CCN(c5ccccc5)CC4)cc3)s2)cc1. The fourth-order valence-electron chi connectivity index (χ4n) is 4.06. The van der Waals surface area contributed by atoms with Crippen molar-refractivity contribution in [2.24, 2.45) is 0 Å². The van der Waals surface area contributed by atoms with Gasteiger partial charge in [0.15, 0.2) is 0 Å². The van der Waals surface area contributed by atoms with Crippen molar-refractivity contribution < 1.29 is 14.3 Å². The Hall–Kier alpha value is -3.71. The summed E-state index contributed by atoms with van der Waals surface area (Å²) in [6.45, 7) is 2.00. The summed E-state index contributed by atoms with van der Waals surface area (Å²) in [4.78, 5) is 14.0.